The first-order chi connectivity index (χ1) is 15.7. The molecule has 2 aliphatic heterocycles. The molecule has 0 radical (unpaired) electrons. The Morgan fingerprint density at radius 1 is 0.750 bits per heavy atom. The fourth-order valence-corrected chi connectivity index (χ4v) is 4.99. The second kappa shape index (κ2) is 8.60. The molecule has 5 rings (SSSR count). The highest BCUT2D eigenvalue weighted by Crippen LogP contribution is 2.38. The summed E-state index contributed by atoms with van der Waals surface area (Å²) in [6, 6.07) is 29.1. The monoisotopic (exact) mass is 425 g/mol. The number of carbonyl (C=O) groups excluding carboxylic acids is 2. The number of piperidine rings is 1. The second-order valence-electron chi connectivity index (χ2n) is 8.58. The van der Waals surface area contributed by atoms with Crippen LogP contribution in [0.4, 0.5) is 4.79 Å². The molecule has 0 atom stereocenters. The summed E-state index contributed by atoms with van der Waals surface area (Å²) >= 11 is 0. The fourth-order valence-electron chi connectivity index (χ4n) is 4.99. The lowest BCUT2D eigenvalue weighted by atomic mass is 9.82. The third-order valence-corrected chi connectivity index (χ3v) is 6.64. The van der Waals surface area contributed by atoms with Crippen LogP contribution in [0.1, 0.15) is 29.5 Å². The van der Waals surface area contributed by atoms with E-state index in [1.54, 1.807) is 0 Å². The lowest BCUT2D eigenvalue weighted by molar-refractivity contribution is -0.132. The summed E-state index contributed by atoms with van der Waals surface area (Å²) < 4.78 is 0. The van der Waals surface area contributed by atoms with Gasteiger partial charge in [-0.05, 0) is 29.5 Å². The van der Waals surface area contributed by atoms with Crippen molar-refractivity contribution in [1.82, 2.24) is 15.1 Å². The van der Waals surface area contributed by atoms with E-state index in [-0.39, 0.29) is 18.0 Å². The molecule has 0 unspecified atom stereocenters. The molecule has 2 saturated heterocycles. The molecule has 2 fully saturated rings. The topological polar surface area (TPSA) is 52.7 Å². The smallest absolute Gasteiger partial charge is 0.315 e. The molecule has 3 aromatic carbocycles. The van der Waals surface area contributed by atoms with Gasteiger partial charge in [0.2, 0.25) is 0 Å². The Morgan fingerprint density at radius 2 is 1.25 bits per heavy atom. The van der Waals surface area contributed by atoms with E-state index in [4.69, 9.17) is 0 Å². The Balaban J connectivity index is 1.38. The quantitative estimate of drug-likeness (QED) is 0.625. The standard InChI is InChI=1S/C27H27N3O2/c31-25-27(22-12-6-2-7-13-22,23-14-8-3-9-15-23)28-26(32)30(25)24-16-18-29(19-17-24)20-21-10-4-1-5-11-21/h1-15,24H,16-20H2,(H,28,32). The summed E-state index contributed by atoms with van der Waals surface area (Å²) in [5.74, 6) is -0.179. The summed E-state index contributed by atoms with van der Waals surface area (Å²) in [6.07, 6.45) is 1.57. The molecule has 32 heavy (non-hydrogen) atoms. The average molecular weight is 426 g/mol. The second-order valence-corrected chi connectivity index (χ2v) is 8.58. The molecular weight excluding hydrogens is 398 g/mol. The van der Waals surface area contributed by atoms with Crippen LogP contribution in [0.25, 0.3) is 0 Å². The van der Waals surface area contributed by atoms with Gasteiger partial charge in [-0.2, -0.15) is 0 Å². The Bertz CT molecular complexity index is 1040. The van der Waals surface area contributed by atoms with Crippen molar-refractivity contribution in [1.29, 1.82) is 0 Å². The zero-order chi connectivity index (χ0) is 22.0. The molecule has 3 aromatic rings. The first-order valence-electron chi connectivity index (χ1n) is 11.2. The van der Waals surface area contributed by atoms with E-state index in [1.165, 1.54) is 10.5 Å². The van der Waals surface area contributed by atoms with Crippen molar-refractivity contribution in [2.24, 2.45) is 0 Å². The molecule has 2 aliphatic rings. The van der Waals surface area contributed by atoms with Crippen molar-refractivity contribution in [3.8, 4) is 0 Å². The van der Waals surface area contributed by atoms with E-state index in [9.17, 15) is 9.59 Å². The zero-order valence-electron chi connectivity index (χ0n) is 18.0. The predicted octanol–water partition coefficient (Wildman–Crippen LogP) is 4.15. The maximum absolute atomic E-state index is 13.9. The first kappa shape index (κ1) is 20.5. The van der Waals surface area contributed by atoms with Gasteiger partial charge in [0.1, 0.15) is 0 Å². The number of hydrogen-bond acceptors (Lipinski definition) is 3. The summed E-state index contributed by atoms with van der Waals surface area (Å²) in [7, 11) is 0. The maximum Gasteiger partial charge on any atom is 0.325 e. The molecule has 3 amide bonds. The summed E-state index contributed by atoms with van der Waals surface area (Å²) in [4.78, 5) is 31.0. The summed E-state index contributed by atoms with van der Waals surface area (Å²) in [5, 5.41) is 3.07. The number of nitrogens with one attached hydrogen (secondary N) is 1. The number of carbonyl (C=O) groups is 2. The normalized spacial score (nSPS) is 19.2. The molecule has 1 N–H and O–H groups in total. The zero-order valence-corrected chi connectivity index (χ0v) is 18.0. The molecule has 0 saturated carbocycles. The highest BCUT2D eigenvalue weighted by molar-refractivity contribution is 6.09. The third kappa shape index (κ3) is 3.59. The van der Waals surface area contributed by atoms with Crippen molar-refractivity contribution < 1.29 is 9.59 Å². The molecule has 5 heteroatoms. The highest BCUT2D eigenvalue weighted by Gasteiger charge is 2.55. The van der Waals surface area contributed by atoms with Crippen LogP contribution in [0, 0.1) is 0 Å². The molecule has 5 nitrogen and oxygen atoms in total. The average Bonchev–Trinajstić information content (AvgIpc) is 3.12. The number of hydrogen-bond donors (Lipinski definition) is 1. The number of rotatable bonds is 5. The van der Waals surface area contributed by atoms with Gasteiger partial charge in [0.25, 0.3) is 5.91 Å². The third-order valence-electron chi connectivity index (χ3n) is 6.64. The van der Waals surface area contributed by atoms with Crippen LogP contribution in [0.15, 0.2) is 91.0 Å². The van der Waals surface area contributed by atoms with Crippen LogP contribution in [-0.2, 0) is 16.9 Å². The van der Waals surface area contributed by atoms with Gasteiger partial charge in [0.05, 0.1) is 0 Å². The van der Waals surface area contributed by atoms with Crippen molar-refractivity contribution >= 4 is 11.9 Å². The van der Waals surface area contributed by atoms with Gasteiger partial charge in [-0.3, -0.25) is 14.6 Å². The van der Waals surface area contributed by atoms with Crippen LogP contribution in [-0.4, -0.2) is 40.9 Å². The van der Waals surface area contributed by atoms with Gasteiger partial charge < -0.3 is 5.32 Å². The van der Waals surface area contributed by atoms with Crippen LogP contribution in [0.3, 0.4) is 0 Å². The Hall–Kier alpha value is -3.44. The minimum atomic E-state index is -1.18. The SMILES string of the molecule is O=C1NC(c2ccccc2)(c2ccccc2)C(=O)N1C1CCN(Cc2ccccc2)CC1. The Morgan fingerprint density at radius 3 is 1.78 bits per heavy atom. The molecular formula is C27H27N3O2. The van der Waals surface area contributed by atoms with Crippen LogP contribution in [0.5, 0.6) is 0 Å². The lowest BCUT2D eigenvalue weighted by Gasteiger charge is -2.36. The fraction of sp³-hybridized carbons (Fsp3) is 0.259. The molecule has 0 bridgehead atoms. The van der Waals surface area contributed by atoms with Crippen molar-refractivity contribution in [3.05, 3.63) is 108 Å². The number of amides is 3. The van der Waals surface area contributed by atoms with Crippen LogP contribution in [0.2, 0.25) is 0 Å². The minimum absolute atomic E-state index is 0.0937. The van der Waals surface area contributed by atoms with Crippen LogP contribution < -0.4 is 5.32 Å². The lowest BCUT2D eigenvalue weighted by Crippen LogP contribution is -2.49. The molecule has 162 valence electrons. The van der Waals surface area contributed by atoms with Gasteiger partial charge in [0.15, 0.2) is 5.54 Å². The molecule has 0 aliphatic carbocycles. The van der Waals surface area contributed by atoms with Gasteiger partial charge in [0, 0.05) is 25.7 Å². The summed E-state index contributed by atoms with van der Waals surface area (Å²) in [6.45, 7) is 2.62. The van der Waals surface area contributed by atoms with E-state index in [0.29, 0.717) is 0 Å². The Labute approximate surface area is 188 Å². The van der Waals surface area contributed by atoms with Crippen LogP contribution >= 0.6 is 0 Å². The van der Waals surface area contributed by atoms with Crippen molar-refractivity contribution in [3.63, 3.8) is 0 Å². The van der Waals surface area contributed by atoms with E-state index in [0.717, 1.165) is 43.6 Å². The van der Waals surface area contributed by atoms with Crippen molar-refractivity contribution in [2.75, 3.05) is 13.1 Å². The molecule has 2 heterocycles. The van der Waals surface area contributed by atoms with E-state index >= 15 is 0 Å². The van der Waals surface area contributed by atoms with Gasteiger partial charge >= 0.3 is 6.03 Å². The number of likely N-dealkylation sites (tertiary alicyclic amines) is 1. The van der Waals surface area contributed by atoms with Gasteiger partial charge in [-0.1, -0.05) is 91.0 Å². The molecule has 0 spiro atoms. The van der Waals surface area contributed by atoms with Crippen molar-refractivity contribution in [2.45, 2.75) is 31.0 Å². The number of urea groups is 1. The van der Waals surface area contributed by atoms with Gasteiger partial charge in [-0.15, -0.1) is 0 Å². The van der Waals surface area contributed by atoms with E-state index in [2.05, 4.69) is 34.5 Å². The van der Waals surface area contributed by atoms with E-state index in [1.807, 2.05) is 66.7 Å². The first-order valence-corrected chi connectivity index (χ1v) is 11.2. The number of imide groups is 1. The molecule has 0 aromatic heterocycles. The predicted molar refractivity (Wildman–Crippen MR) is 124 cm³/mol. The summed E-state index contributed by atoms with van der Waals surface area (Å²) in [5.41, 5.74) is 1.68. The van der Waals surface area contributed by atoms with Gasteiger partial charge in [-0.25, -0.2) is 4.79 Å². The maximum atomic E-state index is 13.9. The Kier molecular flexibility index (Phi) is 5.50. The largest absolute Gasteiger partial charge is 0.325 e. The minimum Gasteiger partial charge on any atom is -0.315 e. The number of benzene rings is 3. The highest BCUT2D eigenvalue weighted by atomic mass is 16.2. The van der Waals surface area contributed by atoms with E-state index < -0.39 is 5.54 Å². The number of nitrogens with zero attached hydrogens (tertiary/aromatic N) is 2.